The van der Waals surface area contributed by atoms with E-state index >= 15 is 0 Å². The second kappa shape index (κ2) is 8.69. The first-order valence-corrected chi connectivity index (χ1v) is 7.49. The maximum Gasteiger partial charge on any atom is 2.00 e. The van der Waals surface area contributed by atoms with E-state index in [1.54, 1.807) is 0 Å². The Labute approximate surface area is 171 Å². The zero-order chi connectivity index (χ0) is 15.2. The zero-order valence-electron chi connectivity index (χ0n) is 14.4. The first-order valence-electron chi connectivity index (χ1n) is 7.49. The van der Waals surface area contributed by atoms with Gasteiger partial charge in [0, 0.05) is 5.92 Å². The third kappa shape index (κ3) is 4.34. The summed E-state index contributed by atoms with van der Waals surface area (Å²) in [6.07, 6.45) is 4.52. The Balaban J connectivity index is 0.00000176. The second-order valence-corrected chi connectivity index (χ2v) is 6.59. The minimum absolute atomic E-state index is 0. The molecule has 0 spiro atoms. The molecule has 1 aliphatic carbocycles. The van der Waals surface area contributed by atoms with E-state index in [0.717, 1.165) is 10.9 Å². The van der Waals surface area contributed by atoms with Crippen molar-refractivity contribution in [3.05, 3.63) is 70.8 Å². The Hall–Kier alpha value is -0.566. The molecule has 1 N–H and O–H groups in total. The van der Waals surface area contributed by atoms with E-state index in [2.05, 4.69) is 50.3 Å². The number of hydrogen-bond donors (Lipinski definition) is 1. The van der Waals surface area contributed by atoms with Crippen LogP contribution < -0.4 is 24.8 Å². The van der Waals surface area contributed by atoms with Crippen LogP contribution in [0.2, 0.25) is 0 Å². The monoisotopic (exact) mass is 396 g/mol. The van der Waals surface area contributed by atoms with Crippen LogP contribution in [-0.4, -0.2) is 5.11 Å². The number of benzene rings is 2. The topological polar surface area (TPSA) is 20.2 Å². The van der Waals surface area contributed by atoms with Gasteiger partial charge in [-0.3, -0.25) is 0 Å². The van der Waals surface area contributed by atoms with Crippen LogP contribution in [0.25, 0.3) is 10.8 Å². The maximum atomic E-state index is 10.7. The van der Waals surface area contributed by atoms with Gasteiger partial charge in [-0.25, -0.2) is 0 Å². The van der Waals surface area contributed by atoms with Gasteiger partial charge in [0.1, 0.15) is 0 Å². The van der Waals surface area contributed by atoms with Gasteiger partial charge < -0.3 is 29.9 Å². The largest absolute Gasteiger partial charge is 2.00 e. The summed E-state index contributed by atoms with van der Waals surface area (Å²) in [5.41, 5.74) is 4.04. The van der Waals surface area contributed by atoms with Crippen molar-refractivity contribution in [1.29, 1.82) is 0 Å². The summed E-state index contributed by atoms with van der Waals surface area (Å²) in [6.45, 7) is 8.06. The minimum Gasteiger partial charge on any atom is -1.00 e. The molecule has 0 saturated carbocycles. The predicted molar refractivity (Wildman–Crippen MR) is 89.4 cm³/mol. The fourth-order valence-electron chi connectivity index (χ4n) is 3.46. The molecule has 1 nitrogen and oxygen atoms in total. The molecular formula is C20H22Cl2OTi. The number of allylic oxidation sites excluding steroid dienone is 4. The van der Waals surface area contributed by atoms with Gasteiger partial charge in [0.2, 0.25) is 0 Å². The zero-order valence-corrected chi connectivity index (χ0v) is 17.5. The number of fused-ring (bicyclic) bond motifs is 1. The number of aliphatic hydroxyl groups is 1. The van der Waals surface area contributed by atoms with Crippen LogP contribution >= 0.6 is 0 Å². The third-order valence-corrected chi connectivity index (χ3v) is 4.28. The average Bonchev–Trinajstić information content (AvgIpc) is 2.75. The summed E-state index contributed by atoms with van der Waals surface area (Å²) in [5.74, 6) is 0.274. The molecule has 3 rings (SSSR count). The maximum absolute atomic E-state index is 10.7. The van der Waals surface area contributed by atoms with E-state index in [9.17, 15) is 5.11 Å². The number of rotatable bonds is 2. The number of halogens is 2. The van der Waals surface area contributed by atoms with Crippen LogP contribution in [0.15, 0.2) is 59.7 Å². The summed E-state index contributed by atoms with van der Waals surface area (Å²) in [6, 6.07) is 12.6. The Kier molecular flexibility index (Phi) is 8.49. The van der Waals surface area contributed by atoms with Crippen molar-refractivity contribution in [1.82, 2.24) is 0 Å². The first-order chi connectivity index (χ1) is 9.88. The molecule has 0 radical (unpaired) electrons. The molecule has 0 amide bonds. The van der Waals surface area contributed by atoms with Crippen molar-refractivity contribution in [2.45, 2.75) is 39.2 Å². The quantitative estimate of drug-likeness (QED) is 0.650. The van der Waals surface area contributed by atoms with Crippen molar-refractivity contribution in [2.24, 2.45) is 0 Å². The van der Waals surface area contributed by atoms with Crippen LogP contribution in [0.3, 0.4) is 0 Å². The van der Waals surface area contributed by atoms with Gasteiger partial charge in [0.25, 0.3) is 0 Å². The Morgan fingerprint density at radius 1 is 0.958 bits per heavy atom. The van der Waals surface area contributed by atoms with Crippen LogP contribution in [0.4, 0.5) is 0 Å². The van der Waals surface area contributed by atoms with E-state index in [4.69, 9.17) is 0 Å². The van der Waals surface area contributed by atoms with Crippen LogP contribution in [0, 0.1) is 0 Å². The van der Waals surface area contributed by atoms with Crippen molar-refractivity contribution in [3.63, 3.8) is 0 Å². The SMILES string of the molecule is CC1=CC(c2ccc3ccccc3c2C(C)(C)O)C(C)=C1.[Cl-].[Cl-].[Ti+2]. The summed E-state index contributed by atoms with van der Waals surface area (Å²) >= 11 is 0. The average molecular weight is 397 g/mol. The summed E-state index contributed by atoms with van der Waals surface area (Å²) < 4.78 is 0. The standard InChI is InChI=1S/C20H22O.2ClH.Ti/c1-13-11-14(2)18(12-13)17-10-9-15-7-5-6-8-16(15)19(17)20(3,4)21;;;/h5-12,18,21H,1-4H3;2*1H;/q;;;+2/p-2. The van der Waals surface area contributed by atoms with Crippen LogP contribution in [0.5, 0.6) is 0 Å². The summed E-state index contributed by atoms with van der Waals surface area (Å²) in [4.78, 5) is 0. The molecule has 0 aromatic heterocycles. The van der Waals surface area contributed by atoms with Gasteiger partial charge in [-0.05, 0) is 49.6 Å². The smallest absolute Gasteiger partial charge is 1.00 e. The van der Waals surface area contributed by atoms with E-state index in [1.165, 1.54) is 22.1 Å². The number of hydrogen-bond acceptors (Lipinski definition) is 1. The molecular weight excluding hydrogens is 375 g/mol. The fraction of sp³-hybridized carbons (Fsp3) is 0.300. The second-order valence-electron chi connectivity index (χ2n) is 6.59. The van der Waals surface area contributed by atoms with Crippen LogP contribution in [-0.2, 0) is 27.3 Å². The molecule has 2 aromatic carbocycles. The van der Waals surface area contributed by atoms with E-state index in [1.807, 2.05) is 26.0 Å². The molecule has 1 unspecified atom stereocenters. The molecule has 24 heavy (non-hydrogen) atoms. The Bertz CT molecular complexity index is 773. The van der Waals surface area contributed by atoms with Crippen molar-refractivity contribution >= 4 is 10.8 Å². The molecule has 126 valence electrons. The predicted octanol–water partition coefficient (Wildman–Crippen LogP) is -0.937. The van der Waals surface area contributed by atoms with E-state index in [0.29, 0.717) is 0 Å². The van der Waals surface area contributed by atoms with Gasteiger partial charge in [-0.1, -0.05) is 59.7 Å². The molecule has 0 bridgehead atoms. The minimum atomic E-state index is -0.860. The molecule has 4 heteroatoms. The van der Waals surface area contributed by atoms with Gasteiger partial charge >= 0.3 is 21.7 Å². The normalized spacial score (nSPS) is 16.5. The van der Waals surface area contributed by atoms with E-state index in [-0.39, 0.29) is 52.4 Å². The van der Waals surface area contributed by atoms with Gasteiger partial charge in [0.15, 0.2) is 0 Å². The summed E-state index contributed by atoms with van der Waals surface area (Å²) in [5, 5.41) is 13.1. The summed E-state index contributed by atoms with van der Waals surface area (Å²) in [7, 11) is 0. The Morgan fingerprint density at radius 2 is 1.58 bits per heavy atom. The molecule has 0 saturated heterocycles. The van der Waals surface area contributed by atoms with Crippen LogP contribution in [0.1, 0.15) is 44.7 Å². The van der Waals surface area contributed by atoms with E-state index < -0.39 is 5.60 Å². The molecule has 2 aromatic rings. The van der Waals surface area contributed by atoms with Gasteiger partial charge in [0.05, 0.1) is 5.60 Å². The molecule has 1 atom stereocenters. The van der Waals surface area contributed by atoms with Crippen molar-refractivity contribution < 1.29 is 51.6 Å². The Morgan fingerprint density at radius 3 is 2.12 bits per heavy atom. The molecule has 1 aliphatic rings. The molecule has 0 fully saturated rings. The molecule has 0 heterocycles. The third-order valence-electron chi connectivity index (χ3n) is 4.28. The molecule has 0 aliphatic heterocycles. The first kappa shape index (κ1) is 23.4. The van der Waals surface area contributed by atoms with Gasteiger partial charge in [-0.2, -0.15) is 0 Å². The van der Waals surface area contributed by atoms with Gasteiger partial charge in [-0.15, -0.1) is 0 Å². The van der Waals surface area contributed by atoms with Crippen molar-refractivity contribution in [3.8, 4) is 0 Å². The fourth-order valence-corrected chi connectivity index (χ4v) is 3.46. The van der Waals surface area contributed by atoms with Crippen molar-refractivity contribution in [2.75, 3.05) is 0 Å².